The van der Waals surface area contributed by atoms with Crippen molar-refractivity contribution >= 4 is 55.2 Å². The molecule has 392 valence electrons. The molecule has 3 amide bonds. The minimum Gasteiger partial charge on any atom is -0.481 e. The highest BCUT2D eigenvalue weighted by molar-refractivity contribution is 6.74. The largest absolute Gasteiger partial charge is 0.481 e. The number of pyridine rings is 1. The van der Waals surface area contributed by atoms with E-state index in [0.29, 0.717) is 53.9 Å². The number of carboxylic acid groups (broad SMARTS) is 1. The fourth-order valence-corrected chi connectivity index (χ4v) is 10.1. The van der Waals surface area contributed by atoms with Crippen LogP contribution in [0.25, 0.3) is 11.4 Å². The van der Waals surface area contributed by atoms with Gasteiger partial charge in [0.1, 0.15) is 23.4 Å². The lowest BCUT2D eigenvalue weighted by atomic mass is 9.80. The molecule has 4 atom stereocenters. The number of carbonyl (C=O) groups is 4. The fourth-order valence-electron chi connectivity index (χ4n) is 8.84. The lowest BCUT2D eigenvalue weighted by Gasteiger charge is -2.50. The first kappa shape index (κ1) is 56.7. The SMILES string of the molecule is CC(NCc1ccc(Cl)cc1Oc1ccc(-c2cnc(CN(C)C)n2C)nc1)C(=O)NC(CO[Si](C)(C)C(C)(C)C)C(=O)N(C)[C@@]1(Cc2ccc(Cl)cc2)CCCN(C(=O)C(CC(=O)O)Cc2ccccc2)C1. The number of carboxylic acids is 1. The van der Waals surface area contributed by atoms with Gasteiger partial charge in [0, 0.05) is 49.3 Å². The van der Waals surface area contributed by atoms with Crippen LogP contribution >= 0.6 is 23.2 Å². The summed E-state index contributed by atoms with van der Waals surface area (Å²) in [5.41, 5.74) is 3.16. The van der Waals surface area contributed by atoms with Crippen molar-refractivity contribution in [1.82, 2.24) is 39.9 Å². The van der Waals surface area contributed by atoms with Crippen molar-refractivity contribution in [3.63, 3.8) is 0 Å². The van der Waals surface area contributed by atoms with Gasteiger partial charge >= 0.3 is 5.97 Å². The maximum Gasteiger partial charge on any atom is 0.304 e. The normalized spacial score (nSPS) is 16.4. The summed E-state index contributed by atoms with van der Waals surface area (Å²) < 4.78 is 15.0. The van der Waals surface area contributed by atoms with E-state index in [0.717, 1.165) is 33.9 Å². The van der Waals surface area contributed by atoms with Crippen molar-refractivity contribution < 1.29 is 33.4 Å². The molecule has 0 saturated carbocycles. The maximum atomic E-state index is 15.3. The molecule has 3 aromatic carbocycles. The number of piperidine rings is 1. The third-order valence-corrected chi connectivity index (χ3v) is 19.3. The number of nitrogens with one attached hydrogen (secondary N) is 2. The number of benzene rings is 3. The van der Waals surface area contributed by atoms with Crippen molar-refractivity contribution in [2.75, 3.05) is 40.8 Å². The van der Waals surface area contributed by atoms with Crippen LogP contribution in [0.4, 0.5) is 0 Å². The molecular weight excluding hydrogens is 984 g/mol. The second-order valence-electron chi connectivity index (χ2n) is 21.1. The summed E-state index contributed by atoms with van der Waals surface area (Å²) in [6.07, 6.45) is 4.84. The number of rotatable bonds is 22. The first-order valence-corrected chi connectivity index (χ1v) is 28.4. The fraction of sp³-hybridized carbons (Fsp3) is 0.455. The zero-order chi connectivity index (χ0) is 53.3. The number of halogens is 2. The summed E-state index contributed by atoms with van der Waals surface area (Å²) >= 11 is 12.8. The van der Waals surface area contributed by atoms with Crippen LogP contribution < -0.4 is 15.4 Å². The first-order valence-electron chi connectivity index (χ1n) is 24.8. The Labute approximate surface area is 441 Å². The highest BCUT2D eigenvalue weighted by Crippen LogP contribution is 2.38. The number of carbonyl (C=O) groups excluding carboxylic acids is 3. The average molecular weight is 1060 g/mol. The molecule has 0 radical (unpaired) electrons. The number of likely N-dealkylation sites (N-methyl/N-ethyl adjacent to an activating group) is 1. The van der Waals surface area contributed by atoms with Crippen molar-refractivity contribution in [1.29, 1.82) is 0 Å². The first-order chi connectivity index (χ1) is 34.4. The molecule has 6 rings (SSSR count). The molecule has 18 heteroatoms. The van der Waals surface area contributed by atoms with E-state index in [1.807, 2.05) is 86.4 Å². The minimum absolute atomic E-state index is 0.0740. The molecule has 0 bridgehead atoms. The van der Waals surface area contributed by atoms with E-state index < -0.39 is 43.7 Å². The molecule has 1 saturated heterocycles. The third-order valence-electron chi connectivity index (χ3n) is 14.3. The molecule has 3 unspecified atom stereocenters. The standard InChI is InChI=1S/C55H72Cl2N8O7Si/c1-37(58-31-40-19-22-43(57)29-48(40)72-44-23-24-45(59-32-44)47-33-60-49(63(47)7)34-62(5)6)51(68)61-46(35-71-73(9,10)54(2,3)4)53(70)64(8)55(30-39-17-20-42(56)21-18-39)25-14-26-65(36-55)52(69)41(28-50(66)67)27-38-15-12-11-13-16-38/h11-13,15-24,29,32-33,37,41,46,58H,14,25-28,30-31,34-36H2,1-10H3,(H,61,68)(H,66,67)/t37?,41?,46?,55-/m1/s1. The summed E-state index contributed by atoms with van der Waals surface area (Å²) in [4.78, 5) is 71.0. The van der Waals surface area contributed by atoms with E-state index in [4.69, 9.17) is 32.4 Å². The highest BCUT2D eigenvalue weighted by Gasteiger charge is 2.46. The molecule has 1 aliphatic heterocycles. The molecule has 0 spiro atoms. The summed E-state index contributed by atoms with van der Waals surface area (Å²) in [7, 11) is 5.23. The molecule has 1 aliphatic rings. The lowest BCUT2D eigenvalue weighted by molar-refractivity contribution is -0.150. The van der Waals surface area contributed by atoms with Crippen LogP contribution in [0.2, 0.25) is 28.2 Å². The average Bonchev–Trinajstić information content (AvgIpc) is 3.70. The van der Waals surface area contributed by atoms with E-state index in [1.165, 1.54) is 0 Å². The number of aromatic nitrogens is 3. The van der Waals surface area contributed by atoms with Gasteiger partial charge < -0.3 is 44.2 Å². The molecular formula is C55H72Cl2N8O7Si. The van der Waals surface area contributed by atoms with Crippen LogP contribution in [-0.4, -0.2) is 125 Å². The van der Waals surface area contributed by atoms with Crippen molar-refractivity contribution in [3.8, 4) is 22.9 Å². The molecule has 1 fully saturated rings. The lowest BCUT2D eigenvalue weighted by Crippen LogP contribution is -2.65. The Hall–Kier alpha value is -5.62. The van der Waals surface area contributed by atoms with Gasteiger partial charge in [-0.25, -0.2) is 4.98 Å². The number of amides is 3. The van der Waals surface area contributed by atoms with Gasteiger partial charge in [0.05, 0.1) is 60.9 Å². The van der Waals surface area contributed by atoms with Gasteiger partial charge in [-0.05, 0) is 112 Å². The van der Waals surface area contributed by atoms with Gasteiger partial charge in [-0.2, -0.15) is 0 Å². The molecule has 73 heavy (non-hydrogen) atoms. The Morgan fingerprint density at radius 1 is 0.918 bits per heavy atom. The monoisotopic (exact) mass is 1050 g/mol. The van der Waals surface area contributed by atoms with E-state index in [1.54, 1.807) is 60.4 Å². The molecule has 5 aromatic rings. The van der Waals surface area contributed by atoms with E-state index in [2.05, 4.69) is 59.4 Å². The van der Waals surface area contributed by atoms with Crippen LogP contribution in [0, 0.1) is 5.92 Å². The Balaban J connectivity index is 1.22. The molecule has 15 nitrogen and oxygen atoms in total. The highest BCUT2D eigenvalue weighted by atomic mass is 35.5. The van der Waals surface area contributed by atoms with Crippen LogP contribution in [0.15, 0.2) is 97.3 Å². The summed E-state index contributed by atoms with van der Waals surface area (Å²) in [6, 6.07) is 23.9. The predicted octanol–water partition coefficient (Wildman–Crippen LogP) is 9.02. The van der Waals surface area contributed by atoms with E-state index in [9.17, 15) is 19.5 Å². The predicted molar refractivity (Wildman–Crippen MR) is 289 cm³/mol. The molecule has 0 aliphatic carbocycles. The van der Waals surface area contributed by atoms with Gasteiger partial charge in [0.15, 0.2) is 8.32 Å². The smallest absolute Gasteiger partial charge is 0.304 e. The summed E-state index contributed by atoms with van der Waals surface area (Å²) in [6.45, 7) is 13.6. The van der Waals surface area contributed by atoms with Gasteiger partial charge in [0.2, 0.25) is 17.7 Å². The van der Waals surface area contributed by atoms with E-state index in [-0.39, 0.29) is 49.4 Å². The Morgan fingerprint density at radius 2 is 1.62 bits per heavy atom. The van der Waals surface area contributed by atoms with Crippen LogP contribution in [0.3, 0.4) is 0 Å². The number of likely N-dealkylation sites (tertiary alicyclic amines) is 1. The number of hydrogen-bond acceptors (Lipinski definition) is 10. The summed E-state index contributed by atoms with van der Waals surface area (Å²) in [5.74, 6) is -1.07. The van der Waals surface area contributed by atoms with Crippen molar-refractivity contribution in [3.05, 3.63) is 130 Å². The molecule has 2 aromatic heterocycles. The Kier molecular flexibility index (Phi) is 19.1. The maximum absolute atomic E-state index is 15.3. The quantitative estimate of drug-likeness (QED) is 0.0565. The zero-order valence-corrected chi connectivity index (χ0v) is 46.4. The van der Waals surface area contributed by atoms with Gasteiger partial charge in [-0.1, -0.05) is 92.5 Å². The van der Waals surface area contributed by atoms with Crippen LogP contribution in [-0.2, 0) is 56.6 Å². The van der Waals surface area contributed by atoms with Crippen LogP contribution in [0.1, 0.15) is 69.5 Å². The number of hydrogen-bond donors (Lipinski definition) is 3. The summed E-state index contributed by atoms with van der Waals surface area (Å²) in [5, 5.41) is 17.2. The number of ether oxygens (including phenoxy) is 1. The molecule has 3 heterocycles. The van der Waals surface area contributed by atoms with Crippen molar-refractivity contribution in [2.45, 2.75) is 109 Å². The van der Waals surface area contributed by atoms with Gasteiger partial charge in [0.25, 0.3) is 0 Å². The molecule has 3 N–H and O–H groups in total. The number of nitrogens with zero attached hydrogens (tertiary/aromatic N) is 6. The Bertz CT molecular complexity index is 2680. The third kappa shape index (κ3) is 15.0. The second-order valence-corrected chi connectivity index (χ2v) is 26.8. The van der Waals surface area contributed by atoms with Gasteiger partial charge in [-0.3, -0.25) is 24.2 Å². The zero-order valence-electron chi connectivity index (χ0n) is 43.9. The van der Waals surface area contributed by atoms with E-state index >= 15 is 4.79 Å². The van der Waals surface area contributed by atoms with Crippen molar-refractivity contribution in [2.24, 2.45) is 13.0 Å². The Morgan fingerprint density at radius 3 is 2.26 bits per heavy atom. The number of aliphatic carboxylic acids is 1. The van der Waals surface area contributed by atoms with Crippen LogP contribution in [0.5, 0.6) is 11.5 Å². The topological polar surface area (TPSA) is 171 Å². The van der Waals surface area contributed by atoms with Gasteiger partial charge in [-0.15, -0.1) is 0 Å². The second kappa shape index (κ2) is 24.6. The number of imidazole rings is 1. The minimum atomic E-state index is -2.45.